The molecule has 29 heavy (non-hydrogen) atoms. The van der Waals surface area contributed by atoms with Gasteiger partial charge in [0.05, 0.1) is 6.04 Å². The molecule has 0 radical (unpaired) electrons. The number of nitrogens with zero attached hydrogens (tertiary/aromatic N) is 1. The van der Waals surface area contributed by atoms with Crippen LogP contribution in [0, 0.1) is 5.92 Å². The van der Waals surface area contributed by atoms with Gasteiger partial charge in [-0.25, -0.2) is 4.79 Å². The zero-order chi connectivity index (χ0) is 22.1. The highest BCUT2D eigenvalue weighted by Crippen LogP contribution is 2.20. The number of carboxylic acids is 1. The van der Waals surface area contributed by atoms with Gasteiger partial charge in [0.1, 0.15) is 18.1 Å². The van der Waals surface area contributed by atoms with Crippen molar-refractivity contribution < 1.29 is 24.3 Å². The highest BCUT2D eigenvalue weighted by atomic mass is 32.2. The zero-order valence-corrected chi connectivity index (χ0v) is 18.5. The van der Waals surface area contributed by atoms with E-state index in [1.807, 2.05) is 20.1 Å². The number of hydrogen-bond donors (Lipinski definition) is 4. The van der Waals surface area contributed by atoms with Crippen LogP contribution in [0.3, 0.4) is 0 Å². The van der Waals surface area contributed by atoms with Gasteiger partial charge in [-0.1, -0.05) is 13.8 Å². The maximum atomic E-state index is 12.7. The number of nitrogens with two attached hydrogens (primary N) is 1. The first kappa shape index (κ1) is 25.2. The van der Waals surface area contributed by atoms with Gasteiger partial charge < -0.3 is 26.4 Å². The van der Waals surface area contributed by atoms with E-state index >= 15 is 0 Å². The van der Waals surface area contributed by atoms with Crippen LogP contribution >= 0.6 is 11.8 Å². The molecule has 1 aliphatic rings. The van der Waals surface area contributed by atoms with Crippen LogP contribution in [0.15, 0.2) is 0 Å². The lowest BCUT2D eigenvalue weighted by molar-refractivity contribution is -0.143. The summed E-state index contributed by atoms with van der Waals surface area (Å²) in [6.07, 6.45) is 3.88. The Kier molecular flexibility index (Phi) is 10.5. The Bertz CT molecular complexity index is 601. The molecule has 3 amide bonds. The standard InChI is InChI=1S/C19H34N4O5S/c1-11(2)10-13(20)18(26)23-8-5-6-15(23)17(25)21-12(3)16(24)22-14(19(27)28)7-9-29-4/h11-15H,5-10,20H2,1-4H3,(H,21,25)(H,22,24)(H,27,28). The van der Waals surface area contributed by atoms with E-state index in [0.717, 1.165) is 0 Å². The maximum Gasteiger partial charge on any atom is 0.326 e. The van der Waals surface area contributed by atoms with Gasteiger partial charge in [0.25, 0.3) is 0 Å². The predicted octanol–water partition coefficient (Wildman–Crippen LogP) is 0.178. The summed E-state index contributed by atoms with van der Waals surface area (Å²) in [7, 11) is 0. The monoisotopic (exact) mass is 430 g/mol. The average Bonchev–Trinajstić information content (AvgIpc) is 3.13. The van der Waals surface area contributed by atoms with Crippen LogP contribution in [0.2, 0.25) is 0 Å². The number of hydrogen-bond acceptors (Lipinski definition) is 6. The van der Waals surface area contributed by atoms with Gasteiger partial charge in [0.2, 0.25) is 17.7 Å². The summed E-state index contributed by atoms with van der Waals surface area (Å²) < 4.78 is 0. The Morgan fingerprint density at radius 2 is 1.86 bits per heavy atom. The summed E-state index contributed by atoms with van der Waals surface area (Å²) in [6.45, 7) is 5.90. The van der Waals surface area contributed by atoms with Gasteiger partial charge in [-0.3, -0.25) is 14.4 Å². The minimum atomic E-state index is -1.11. The minimum Gasteiger partial charge on any atom is -0.480 e. The van der Waals surface area contributed by atoms with Crippen LogP contribution in [-0.4, -0.2) is 76.4 Å². The number of aliphatic carboxylic acids is 1. The quantitative estimate of drug-likeness (QED) is 0.366. The molecule has 5 N–H and O–H groups in total. The number of amides is 3. The highest BCUT2D eigenvalue weighted by molar-refractivity contribution is 7.98. The lowest BCUT2D eigenvalue weighted by Crippen LogP contribution is -2.55. The van der Waals surface area contributed by atoms with Gasteiger partial charge in [-0.15, -0.1) is 0 Å². The van der Waals surface area contributed by atoms with E-state index in [9.17, 15) is 24.3 Å². The fraction of sp³-hybridized carbons (Fsp3) is 0.789. The van der Waals surface area contributed by atoms with Gasteiger partial charge in [-0.2, -0.15) is 11.8 Å². The minimum absolute atomic E-state index is 0.253. The number of carboxylic acid groups (broad SMARTS) is 1. The lowest BCUT2D eigenvalue weighted by Gasteiger charge is -2.28. The van der Waals surface area contributed by atoms with E-state index in [2.05, 4.69) is 10.6 Å². The zero-order valence-electron chi connectivity index (χ0n) is 17.6. The summed E-state index contributed by atoms with van der Waals surface area (Å²) in [6, 6.07) is -3.24. The van der Waals surface area contributed by atoms with Crippen molar-refractivity contribution in [2.75, 3.05) is 18.6 Å². The van der Waals surface area contributed by atoms with Gasteiger partial charge in [0.15, 0.2) is 0 Å². The van der Waals surface area contributed by atoms with Crippen molar-refractivity contribution >= 4 is 35.5 Å². The Morgan fingerprint density at radius 1 is 1.21 bits per heavy atom. The third kappa shape index (κ3) is 7.85. The third-order valence-corrected chi connectivity index (χ3v) is 5.50. The molecule has 0 spiro atoms. The molecule has 10 heteroatoms. The Balaban J connectivity index is 2.67. The van der Waals surface area contributed by atoms with Crippen LogP contribution in [0.1, 0.15) is 46.5 Å². The van der Waals surface area contributed by atoms with Crippen molar-refractivity contribution in [3.8, 4) is 0 Å². The largest absolute Gasteiger partial charge is 0.480 e. The van der Waals surface area contributed by atoms with E-state index in [-0.39, 0.29) is 11.8 Å². The van der Waals surface area contributed by atoms with Gasteiger partial charge in [0, 0.05) is 6.54 Å². The Morgan fingerprint density at radius 3 is 2.41 bits per heavy atom. The second kappa shape index (κ2) is 12.0. The molecule has 9 nitrogen and oxygen atoms in total. The normalized spacial score (nSPS) is 19.5. The molecule has 1 fully saturated rings. The summed E-state index contributed by atoms with van der Waals surface area (Å²) in [5.74, 6) is -1.51. The van der Waals surface area contributed by atoms with Crippen LogP contribution in [0.4, 0.5) is 0 Å². The average molecular weight is 431 g/mol. The van der Waals surface area contributed by atoms with Crippen molar-refractivity contribution in [1.82, 2.24) is 15.5 Å². The van der Waals surface area contributed by atoms with E-state index in [4.69, 9.17) is 5.73 Å². The molecule has 1 heterocycles. The second-order valence-corrected chi connectivity index (χ2v) is 8.82. The fourth-order valence-electron chi connectivity index (χ4n) is 3.29. The number of rotatable bonds is 11. The molecular formula is C19H34N4O5S. The van der Waals surface area contributed by atoms with E-state index in [1.54, 1.807) is 0 Å². The van der Waals surface area contributed by atoms with Crippen molar-refractivity contribution in [2.45, 2.75) is 70.6 Å². The molecule has 166 valence electrons. The fourth-order valence-corrected chi connectivity index (χ4v) is 3.76. The number of likely N-dealkylation sites (tertiary alicyclic amines) is 1. The van der Waals surface area contributed by atoms with E-state index in [0.29, 0.717) is 38.0 Å². The first-order valence-electron chi connectivity index (χ1n) is 9.97. The topological polar surface area (TPSA) is 142 Å². The highest BCUT2D eigenvalue weighted by Gasteiger charge is 2.37. The smallest absolute Gasteiger partial charge is 0.326 e. The van der Waals surface area contributed by atoms with Crippen LogP contribution < -0.4 is 16.4 Å². The number of thioether (sulfide) groups is 1. The molecule has 0 aromatic heterocycles. The van der Waals surface area contributed by atoms with Crippen molar-refractivity contribution in [3.05, 3.63) is 0 Å². The van der Waals surface area contributed by atoms with Crippen molar-refractivity contribution in [3.63, 3.8) is 0 Å². The van der Waals surface area contributed by atoms with Crippen LogP contribution in [0.25, 0.3) is 0 Å². The Labute approximate surface area is 176 Å². The molecule has 1 rings (SSSR count). The van der Waals surface area contributed by atoms with Crippen LogP contribution in [-0.2, 0) is 19.2 Å². The molecule has 0 saturated carbocycles. The summed E-state index contributed by atoms with van der Waals surface area (Å²) >= 11 is 1.49. The van der Waals surface area contributed by atoms with Crippen molar-refractivity contribution in [2.24, 2.45) is 11.7 Å². The molecule has 0 aromatic carbocycles. The molecular weight excluding hydrogens is 396 g/mol. The van der Waals surface area contributed by atoms with Gasteiger partial charge in [-0.05, 0) is 50.5 Å². The van der Waals surface area contributed by atoms with Gasteiger partial charge >= 0.3 is 5.97 Å². The number of nitrogens with one attached hydrogen (secondary N) is 2. The molecule has 1 aliphatic heterocycles. The van der Waals surface area contributed by atoms with Crippen molar-refractivity contribution in [1.29, 1.82) is 0 Å². The van der Waals surface area contributed by atoms with E-state index < -0.39 is 42.0 Å². The number of carbonyl (C=O) groups is 4. The third-order valence-electron chi connectivity index (χ3n) is 4.86. The van der Waals surface area contributed by atoms with E-state index in [1.165, 1.54) is 23.6 Å². The lowest BCUT2D eigenvalue weighted by atomic mass is 10.0. The number of carbonyl (C=O) groups excluding carboxylic acids is 3. The molecule has 0 aromatic rings. The first-order chi connectivity index (χ1) is 13.6. The molecule has 4 atom stereocenters. The maximum absolute atomic E-state index is 12.7. The Hall–Kier alpha value is -1.81. The summed E-state index contributed by atoms with van der Waals surface area (Å²) in [5.41, 5.74) is 5.99. The first-order valence-corrected chi connectivity index (χ1v) is 11.4. The SMILES string of the molecule is CSCCC(NC(=O)C(C)NC(=O)C1CCCN1C(=O)C(N)CC(C)C)C(=O)O. The molecule has 1 saturated heterocycles. The molecule has 0 aliphatic carbocycles. The second-order valence-electron chi connectivity index (χ2n) is 7.84. The summed E-state index contributed by atoms with van der Waals surface area (Å²) in [4.78, 5) is 50.4. The predicted molar refractivity (Wildman–Crippen MR) is 112 cm³/mol. The molecule has 4 unspecified atom stereocenters. The van der Waals surface area contributed by atoms with Crippen LogP contribution in [0.5, 0.6) is 0 Å². The molecule has 0 bridgehead atoms. The summed E-state index contributed by atoms with van der Waals surface area (Å²) in [5, 5.41) is 14.3.